The molecule has 1 atom stereocenters. The molecule has 0 heterocycles. The van der Waals surface area contributed by atoms with Gasteiger partial charge in [-0.25, -0.2) is 0 Å². The first kappa shape index (κ1) is 16.4. The van der Waals surface area contributed by atoms with Gasteiger partial charge in [0.25, 0.3) is 0 Å². The topological polar surface area (TPSA) is 38.3 Å². The molecule has 102 valence electrons. The molecule has 0 radical (unpaired) electrons. The van der Waals surface area contributed by atoms with E-state index in [1.54, 1.807) is 0 Å². The molecule has 0 saturated carbocycles. The van der Waals surface area contributed by atoms with Crippen LogP contribution < -0.4 is 5.32 Å². The second-order valence-electron chi connectivity index (χ2n) is 4.97. The lowest BCUT2D eigenvalue weighted by molar-refractivity contribution is -0.144. The van der Waals surface area contributed by atoms with Crippen LogP contribution in [0.2, 0.25) is 0 Å². The molecule has 0 aliphatic carbocycles. The van der Waals surface area contributed by atoms with Gasteiger partial charge in [0.05, 0.1) is 7.11 Å². The molecule has 1 N–H and O–H groups in total. The Morgan fingerprint density at radius 1 is 1.12 bits per heavy atom. The van der Waals surface area contributed by atoms with Gasteiger partial charge in [-0.05, 0) is 18.9 Å². The standard InChI is InChI=1S/C14H29NO2/c1-5-6-7-8-9-10-11-15-13(12(2)3)14(16)17-4/h12-13,15H,5-11H2,1-4H3. The second-order valence-corrected chi connectivity index (χ2v) is 4.97. The summed E-state index contributed by atoms with van der Waals surface area (Å²) in [5.74, 6) is 0.133. The number of esters is 1. The van der Waals surface area contributed by atoms with E-state index in [0.717, 1.165) is 13.0 Å². The van der Waals surface area contributed by atoms with E-state index < -0.39 is 0 Å². The molecule has 0 rings (SSSR count). The quantitative estimate of drug-likeness (QED) is 0.473. The van der Waals surface area contributed by atoms with Crippen LogP contribution in [0.3, 0.4) is 0 Å². The Morgan fingerprint density at radius 3 is 2.24 bits per heavy atom. The highest BCUT2D eigenvalue weighted by Gasteiger charge is 2.21. The summed E-state index contributed by atoms with van der Waals surface area (Å²) in [7, 11) is 1.45. The Morgan fingerprint density at radius 2 is 1.71 bits per heavy atom. The normalized spacial score (nSPS) is 12.8. The molecular formula is C14H29NO2. The fraction of sp³-hybridized carbons (Fsp3) is 0.929. The van der Waals surface area contributed by atoms with Gasteiger partial charge in [0, 0.05) is 0 Å². The Bertz CT molecular complexity index is 193. The minimum absolute atomic E-state index is 0.147. The van der Waals surface area contributed by atoms with E-state index in [2.05, 4.69) is 12.2 Å². The maximum atomic E-state index is 11.5. The summed E-state index contributed by atoms with van der Waals surface area (Å²) in [5.41, 5.74) is 0. The lowest BCUT2D eigenvalue weighted by Gasteiger charge is -2.19. The fourth-order valence-electron chi connectivity index (χ4n) is 1.88. The van der Waals surface area contributed by atoms with Crippen molar-refractivity contribution in [3.8, 4) is 0 Å². The van der Waals surface area contributed by atoms with Crippen LogP contribution in [0.25, 0.3) is 0 Å². The van der Waals surface area contributed by atoms with Crippen molar-refractivity contribution >= 4 is 5.97 Å². The van der Waals surface area contributed by atoms with Crippen molar-refractivity contribution < 1.29 is 9.53 Å². The molecule has 0 spiro atoms. The number of hydrogen-bond donors (Lipinski definition) is 1. The van der Waals surface area contributed by atoms with E-state index in [4.69, 9.17) is 4.74 Å². The van der Waals surface area contributed by atoms with Gasteiger partial charge in [-0.2, -0.15) is 0 Å². The van der Waals surface area contributed by atoms with Gasteiger partial charge in [0.1, 0.15) is 6.04 Å². The van der Waals surface area contributed by atoms with E-state index in [-0.39, 0.29) is 17.9 Å². The van der Waals surface area contributed by atoms with Gasteiger partial charge in [0.2, 0.25) is 0 Å². The van der Waals surface area contributed by atoms with E-state index >= 15 is 0 Å². The van der Waals surface area contributed by atoms with Crippen LogP contribution in [0.15, 0.2) is 0 Å². The number of carbonyl (C=O) groups is 1. The molecule has 0 bridgehead atoms. The maximum Gasteiger partial charge on any atom is 0.323 e. The van der Waals surface area contributed by atoms with Gasteiger partial charge in [0.15, 0.2) is 0 Å². The predicted octanol–water partition coefficient (Wildman–Crippen LogP) is 3.13. The van der Waals surface area contributed by atoms with Crippen molar-refractivity contribution in [2.75, 3.05) is 13.7 Å². The summed E-state index contributed by atoms with van der Waals surface area (Å²) in [6, 6.07) is -0.157. The summed E-state index contributed by atoms with van der Waals surface area (Å²) in [4.78, 5) is 11.5. The number of methoxy groups -OCH3 is 1. The minimum Gasteiger partial charge on any atom is -0.468 e. The lowest BCUT2D eigenvalue weighted by Crippen LogP contribution is -2.42. The molecule has 3 heteroatoms. The zero-order valence-corrected chi connectivity index (χ0v) is 11.9. The molecule has 1 unspecified atom stereocenters. The molecule has 0 amide bonds. The van der Waals surface area contributed by atoms with Crippen molar-refractivity contribution in [2.45, 2.75) is 65.3 Å². The fourth-order valence-corrected chi connectivity index (χ4v) is 1.88. The van der Waals surface area contributed by atoms with Gasteiger partial charge in [-0.3, -0.25) is 4.79 Å². The highest BCUT2D eigenvalue weighted by Crippen LogP contribution is 2.06. The molecule has 17 heavy (non-hydrogen) atoms. The third-order valence-electron chi connectivity index (χ3n) is 3.02. The predicted molar refractivity (Wildman–Crippen MR) is 72.0 cm³/mol. The van der Waals surface area contributed by atoms with Gasteiger partial charge in [-0.1, -0.05) is 52.9 Å². The van der Waals surface area contributed by atoms with Crippen molar-refractivity contribution in [1.82, 2.24) is 5.32 Å². The van der Waals surface area contributed by atoms with E-state index in [9.17, 15) is 4.79 Å². The minimum atomic E-state index is -0.157. The molecule has 0 aliphatic heterocycles. The van der Waals surface area contributed by atoms with Crippen LogP contribution in [-0.2, 0) is 9.53 Å². The average Bonchev–Trinajstić information content (AvgIpc) is 2.31. The molecule has 0 aromatic rings. The number of hydrogen-bond acceptors (Lipinski definition) is 3. The SMILES string of the molecule is CCCCCCCCNC(C(=O)OC)C(C)C. The van der Waals surface area contributed by atoms with Crippen molar-refractivity contribution in [1.29, 1.82) is 0 Å². The Balaban J connectivity index is 3.58. The number of nitrogens with one attached hydrogen (secondary N) is 1. The van der Waals surface area contributed by atoms with E-state index in [1.807, 2.05) is 13.8 Å². The summed E-state index contributed by atoms with van der Waals surface area (Å²) in [6.07, 6.45) is 7.66. The van der Waals surface area contributed by atoms with Crippen molar-refractivity contribution in [3.63, 3.8) is 0 Å². The van der Waals surface area contributed by atoms with Gasteiger partial charge >= 0.3 is 5.97 Å². The number of ether oxygens (including phenoxy) is 1. The molecule has 0 aliphatic rings. The van der Waals surface area contributed by atoms with Crippen LogP contribution in [0.5, 0.6) is 0 Å². The van der Waals surface area contributed by atoms with Crippen LogP contribution in [0, 0.1) is 5.92 Å². The maximum absolute atomic E-state index is 11.5. The third-order valence-corrected chi connectivity index (χ3v) is 3.02. The Hall–Kier alpha value is -0.570. The van der Waals surface area contributed by atoms with Crippen LogP contribution in [0.1, 0.15) is 59.3 Å². The Kier molecular flexibility index (Phi) is 10.2. The second kappa shape index (κ2) is 10.6. The third kappa shape index (κ3) is 8.19. The van der Waals surface area contributed by atoms with Crippen LogP contribution in [0.4, 0.5) is 0 Å². The first-order valence-electron chi connectivity index (χ1n) is 6.94. The van der Waals surface area contributed by atoms with Crippen molar-refractivity contribution in [2.24, 2.45) is 5.92 Å². The average molecular weight is 243 g/mol. The molecule has 0 fully saturated rings. The monoisotopic (exact) mass is 243 g/mol. The zero-order chi connectivity index (χ0) is 13.1. The number of unbranched alkanes of at least 4 members (excludes halogenated alkanes) is 5. The summed E-state index contributed by atoms with van der Waals surface area (Å²) >= 11 is 0. The molecule has 3 nitrogen and oxygen atoms in total. The van der Waals surface area contributed by atoms with E-state index in [1.165, 1.54) is 39.2 Å². The summed E-state index contributed by atoms with van der Waals surface area (Å²) < 4.78 is 4.78. The highest BCUT2D eigenvalue weighted by atomic mass is 16.5. The summed E-state index contributed by atoms with van der Waals surface area (Å²) in [5, 5.41) is 3.29. The molecule has 0 aromatic heterocycles. The van der Waals surface area contributed by atoms with Gasteiger partial charge < -0.3 is 10.1 Å². The largest absolute Gasteiger partial charge is 0.468 e. The van der Waals surface area contributed by atoms with Crippen LogP contribution in [-0.4, -0.2) is 25.7 Å². The summed E-state index contributed by atoms with van der Waals surface area (Å²) in [6.45, 7) is 7.21. The first-order valence-corrected chi connectivity index (χ1v) is 6.94. The zero-order valence-electron chi connectivity index (χ0n) is 11.9. The van der Waals surface area contributed by atoms with Crippen LogP contribution >= 0.6 is 0 Å². The van der Waals surface area contributed by atoms with E-state index in [0.29, 0.717) is 0 Å². The Labute approximate surface area is 106 Å². The van der Waals surface area contributed by atoms with Gasteiger partial charge in [-0.15, -0.1) is 0 Å². The van der Waals surface area contributed by atoms with Crippen molar-refractivity contribution in [3.05, 3.63) is 0 Å². The molecule has 0 saturated heterocycles. The highest BCUT2D eigenvalue weighted by molar-refractivity contribution is 5.75. The lowest BCUT2D eigenvalue weighted by atomic mass is 10.0. The first-order chi connectivity index (χ1) is 8.13. The number of rotatable bonds is 10. The smallest absolute Gasteiger partial charge is 0.323 e. The molecular weight excluding hydrogens is 214 g/mol. The molecule has 0 aromatic carbocycles. The number of carbonyl (C=O) groups excluding carboxylic acids is 1.